The molecule has 2 aromatic rings. The van der Waals surface area contributed by atoms with Gasteiger partial charge in [-0.2, -0.15) is 0 Å². The van der Waals surface area contributed by atoms with Crippen molar-refractivity contribution < 1.29 is 18.7 Å². The fourth-order valence-electron chi connectivity index (χ4n) is 2.48. The number of methoxy groups -OCH3 is 2. The first kappa shape index (κ1) is 12.9. The van der Waals surface area contributed by atoms with Gasteiger partial charge in [-0.3, -0.25) is 0 Å². The van der Waals surface area contributed by atoms with Crippen molar-refractivity contribution >= 4 is 5.97 Å². The van der Waals surface area contributed by atoms with Gasteiger partial charge < -0.3 is 13.9 Å². The molecule has 0 fully saturated rings. The molecule has 3 rings (SSSR count). The molecule has 0 N–H and O–H groups in total. The second kappa shape index (κ2) is 5.09. The Labute approximate surface area is 116 Å². The highest BCUT2D eigenvalue weighted by Crippen LogP contribution is 2.40. The molecular formula is C15H15NO4. The number of hydrogen-bond donors (Lipinski definition) is 0. The predicted molar refractivity (Wildman–Crippen MR) is 70.5 cm³/mol. The Hall–Kier alpha value is -2.14. The van der Waals surface area contributed by atoms with Crippen LogP contribution in [0.25, 0.3) is 0 Å². The van der Waals surface area contributed by atoms with Gasteiger partial charge >= 0.3 is 5.97 Å². The zero-order valence-corrected chi connectivity index (χ0v) is 11.4. The molecule has 1 aromatic carbocycles. The molecule has 5 nitrogen and oxygen atoms in total. The molecule has 1 heterocycles. The van der Waals surface area contributed by atoms with Gasteiger partial charge in [-0.1, -0.05) is 24.3 Å². The number of aromatic nitrogens is 1. The second-order valence-electron chi connectivity index (χ2n) is 4.71. The van der Waals surface area contributed by atoms with Crippen LogP contribution in [0.5, 0.6) is 0 Å². The number of benzene rings is 1. The Balaban J connectivity index is 1.94. The maximum Gasteiger partial charge on any atom is 0.376 e. The highest BCUT2D eigenvalue weighted by molar-refractivity contribution is 5.87. The summed E-state index contributed by atoms with van der Waals surface area (Å²) in [5, 5.41) is 0. The first-order valence-corrected chi connectivity index (χ1v) is 6.39. The summed E-state index contributed by atoms with van der Waals surface area (Å²) in [5.74, 6) is 0.272. The van der Waals surface area contributed by atoms with Crippen LogP contribution in [0, 0.1) is 0 Å². The highest BCUT2D eigenvalue weighted by Gasteiger charge is 2.33. The number of rotatable bonds is 4. The van der Waals surface area contributed by atoms with Gasteiger partial charge in [0.25, 0.3) is 0 Å². The Morgan fingerprint density at radius 2 is 2.20 bits per heavy atom. The van der Waals surface area contributed by atoms with Crippen LogP contribution in [0.3, 0.4) is 0 Å². The molecular weight excluding hydrogens is 258 g/mol. The number of carbonyl (C=O) groups is 1. The van der Waals surface area contributed by atoms with E-state index in [9.17, 15) is 4.79 Å². The van der Waals surface area contributed by atoms with Gasteiger partial charge in [0.15, 0.2) is 0 Å². The Bertz CT molecular complexity index is 647. The summed E-state index contributed by atoms with van der Waals surface area (Å²) in [6.07, 6.45) is 0.879. The molecule has 0 spiro atoms. The number of nitrogens with zero attached hydrogens (tertiary/aromatic N) is 1. The van der Waals surface area contributed by atoms with Crippen molar-refractivity contribution in [1.82, 2.24) is 4.98 Å². The molecule has 104 valence electrons. The molecule has 0 amide bonds. The lowest BCUT2D eigenvalue weighted by Gasteiger charge is -2.27. The third kappa shape index (κ3) is 2.00. The average molecular weight is 273 g/mol. The Morgan fingerprint density at radius 1 is 1.40 bits per heavy atom. The summed E-state index contributed by atoms with van der Waals surface area (Å²) in [4.78, 5) is 16.1. The van der Waals surface area contributed by atoms with Crippen molar-refractivity contribution in [3.63, 3.8) is 0 Å². The topological polar surface area (TPSA) is 61.6 Å². The van der Waals surface area contributed by atoms with E-state index >= 15 is 0 Å². The minimum atomic E-state index is -0.525. The van der Waals surface area contributed by atoms with Crippen LogP contribution in [-0.2, 0) is 22.5 Å². The van der Waals surface area contributed by atoms with Crippen LogP contribution in [0.15, 0.2) is 28.7 Å². The van der Waals surface area contributed by atoms with E-state index in [-0.39, 0.29) is 18.3 Å². The van der Waals surface area contributed by atoms with Gasteiger partial charge in [-0.15, -0.1) is 0 Å². The van der Waals surface area contributed by atoms with Crippen molar-refractivity contribution in [2.24, 2.45) is 0 Å². The molecule has 1 unspecified atom stereocenters. The summed E-state index contributed by atoms with van der Waals surface area (Å²) >= 11 is 0. The van der Waals surface area contributed by atoms with Gasteiger partial charge in [0.05, 0.1) is 19.6 Å². The Morgan fingerprint density at radius 3 is 2.90 bits per heavy atom. The van der Waals surface area contributed by atoms with E-state index in [4.69, 9.17) is 13.9 Å². The number of carbonyl (C=O) groups excluding carboxylic acids is 1. The first-order valence-electron chi connectivity index (χ1n) is 6.39. The number of hydrogen-bond acceptors (Lipinski definition) is 5. The molecule has 1 aliphatic rings. The first-order chi connectivity index (χ1) is 9.74. The summed E-state index contributed by atoms with van der Waals surface area (Å²) < 4.78 is 15.4. The molecule has 1 aliphatic carbocycles. The van der Waals surface area contributed by atoms with Gasteiger partial charge in [0.1, 0.15) is 5.69 Å². The van der Waals surface area contributed by atoms with E-state index in [1.807, 2.05) is 12.1 Å². The fourth-order valence-corrected chi connectivity index (χ4v) is 2.48. The van der Waals surface area contributed by atoms with Gasteiger partial charge in [-0.25, -0.2) is 9.78 Å². The lowest BCUT2D eigenvalue weighted by molar-refractivity contribution is 0.0556. The molecule has 0 saturated heterocycles. The lowest BCUT2D eigenvalue weighted by Crippen LogP contribution is -2.18. The largest absolute Gasteiger partial charge is 0.463 e. The van der Waals surface area contributed by atoms with Crippen molar-refractivity contribution in [3.8, 4) is 0 Å². The van der Waals surface area contributed by atoms with E-state index in [1.54, 1.807) is 7.11 Å². The number of ether oxygens (including phenoxy) is 2. The summed E-state index contributed by atoms with van der Waals surface area (Å²) in [7, 11) is 2.87. The SMILES string of the molecule is COCc1nc(C2Cc3ccccc32)oc1C(=O)OC. The van der Waals surface area contributed by atoms with Crippen LogP contribution in [-0.4, -0.2) is 25.2 Å². The minimum Gasteiger partial charge on any atom is -0.463 e. The minimum absolute atomic E-state index is 0.111. The zero-order valence-electron chi connectivity index (χ0n) is 11.4. The highest BCUT2D eigenvalue weighted by atomic mass is 16.5. The van der Waals surface area contributed by atoms with Crippen LogP contribution >= 0.6 is 0 Å². The third-order valence-electron chi connectivity index (χ3n) is 3.52. The van der Waals surface area contributed by atoms with Gasteiger partial charge in [-0.05, 0) is 17.5 Å². The standard InChI is InChI=1S/C15H15NO4/c1-18-8-12-13(15(17)19-2)20-14(16-12)11-7-9-5-3-4-6-10(9)11/h3-6,11H,7-8H2,1-2H3. The molecule has 20 heavy (non-hydrogen) atoms. The van der Waals surface area contributed by atoms with Crippen LogP contribution in [0.1, 0.15) is 39.2 Å². The second-order valence-corrected chi connectivity index (χ2v) is 4.71. The monoisotopic (exact) mass is 273 g/mol. The fraction of sp³-hybridized carbons (Fsp3) is 0.333. The van der Waals surface area contributed by atoms with Crippen LogP contribution < -0.4 is 0 Å². The number of esters is 1. The van der Waals surface area contributed by atoms with Crippen LogP contribution in [0.4, 0.5) is 0 Å². The van der Waals surface area contributed by atoms with Gasteiger partial charge in [0.2, 0.25) is 11.7 Å². The average Bonchev–Trinajstić information content (AvgIpc) is 2.83. The summed E-state index contributed by atoms with van der Waals surface area (Å²) in [6.45, 7) is 0.225. The zero-order chi connectivity index (χ0) is 14.1. The quantitative estimate of drug-likeness (QED) is 0.800. The normalized spacial score (nSPS) is 16.4. The summed E-state index contributed by atoms with van der Waals surface area (Å²) in [5.41, 5.74) is 2.98. The van der Waals surface area contributed by atoms with E-state index in [2.05, 4.69) is 17.1 Å². The van der Waals surface area contributed by atoms with Crippen molar-refractivity contribution in [2.45, 2.75) is 18.9 Å². The molecule has 0 radical (unpaired) electrons. The Kier molecular flexibility index (Phi) is 3.28. The number of oxazole rings is 1. The van der Waals surface area contributed by atoms with Crippen molar-refractivity contribution in [3.05, 3.63) is 52.7 Å². The molecule has 5 heteroatoms. The number of fused-ring (bicyclic) bond motifs is 1. The van der Waals surface area contributed by atoms with E-state index < -0.39 is 5.97 Å². The predicted octanol–water partition coefficient (Wildman–Crippen LogP) is 2.30. The third-order valence-corrected chi connectivity index (χ3v) is 3.52. The lowest BCUT2D eigenvalue weighted by atomic mass is 9.77. The van der Waals surface area contributed by atoms with Crippen molar-refractivity contribution in [2.75, 3.05) is 14.2 Å². The molecule has 0 saturated carbocycles. The maximum absolute atomic E-state index is 11.7. The smallest absolute Gasteiger partial charge is 0.376 e. The summed E-state index contributed by atoms with van der Waals surface area (Å²) in [6, 6.07) is 8.15. The molecule has 1 aromatic heterocycles. The van der Waals surface area contributed by atoms with Crippen LogP contribution in [0.2, 0.25) is 0 Å². The van der Waals surface area contributed by atoms with E-state index in [0.29, 0.717) is 11.6 Å². The molecule has 0 bridgehead atoms. The van der Waals surface area contributed by atoms with Crippen molar-refractivity contribution in [1.29, 1.82) is 0 Å². The molecule has 1 atom stereocenters. The maximum atomic E-state index is 11.7. The van der Waals surface area contributed by atoms with E-state index in [0.717, 1.165) is 6.42 Å². The van der Waals surface area contributed by atoms with Gasteiger partial charge in [0, 0.05) is 7.11 Å². The van der Waals surface area contributed by atoms with E-state index in [1.165, 1.54) is 18.2 Å². The molecule has 0 aliphatic heterocycles.